The zero-order valence-corrected chi connectivity index (χ0v) is 18.3. The van der Waals surface area contributed by atoms with E-state index >= 15 is 0 Å². The molecule has 2 bridgehead atoms. The smallest absolute Gasteiger partial charge is 0.251 e. The molecule has 0 aliphatic carbocycles. The van der Waals surface area contributed by atoms with Crippen LogP contribution < -0.4 is 10.1 Å². The van der Waals surface area contributed by atoms with E-state index in [0.29, 0.717) is 38.2 Å². The van der Waals surface area contributed by atoms with E-state index in [-0.39, 0.29) is 35.4 Å². The molecular weight excluding hydrogens is 410 g/mol. The van der Waals surface area contributed by atoms with Crippen molar-refractivity contribution in [1.82, 2.24) is 25.0 Å². The normalized spacial score (nSPS) is 28.0. The lowest BCUT2D eigenvalue weighted by Crippen LogP contribution is -2.41. The first-order valence-corrected chi connectivity index (χ1v) is 11.3. The second-order valence-electron chi connectivity index (χ2n) is 9.00. The molecule has 0 saturated carbocycles. The van der Waals surface area contributed by atoms with Gasteiger partial charge in [-0.2, -0.15) is 5.10 Å². The average molecular weight is 440 g/mol. The van der Waals surface area contributed by atoms with E-state index in [9.17, 15) is 9.59 Å². The molecule has 3 aliphatic rings. The van der Waals surface area contributed by atoms with Crippen molar-refractivity contribution in [2.45, 2.75) is 43.9 Å². The van der Waals surface area contributed by atoms with Crippen molar-refractivity contribution >= 4 is 11.8 Å². The van der Waals surface area contributed by atoms with Gasteiger partial charge in [0.2, 0.25) is 5.91 Å². The molecule has 2 aromatic rings. The van der Waals surface area contributed by atoms with E-state index in [2.05, 4.69) is 15.4 Å². The summed E-state index contributed by atoms with van der Waals surface area (Å²) in [5.41, 5.74) is 0.377. The summed E-state index contributed by atoms with van der Waals surface area (Å²) in [5, 5.41) is 7.17. The van der Waals surface area contributed by atoms with Crippen LogP contribution in [0.3, 0.4) is 0 Å². The zero-order chi connectivity index (χ0) is 22.1. The highest BCUT2D eigenvalue weighted by atomic mass is 16.5. The van der Waals surface area contributed by atoms with E-state index < -0.39 is 0 Å². The molecule has 0 radical (unpaired) electrons. The molecule has 1 spiro atoms. The van der Waals surface area contributed by atoms with Crippen molar-refractivity contribution in [1.29, 1.82) is 0 Å². The number of methoxy groups -OCH3 is 1. The van der Waals surface area contributed by atoms with Gasteiger partial charge in [-0.15, -0.1) is 0 Å². The summed E-state index contributed by atoms with van der Waals surface area (Å²) in [5.74, 6) is 1.31. The maximum Gasteiger partial charge on any atom is 0.251 e. The lowest BCUT2D eigenvalue weighted by Gasteiger charge is -2.29. The number of aromatic nitrogens is 3. The number of fused-ring (bicyclic) bond motifs is 1. The number of carbonyl (C=O) groups excluding carboxylic acids is 2. The van der Waals surface area contributed by atoms with Crippen LogP contribution in [0.1, 0.15) is 36.0 Å². The predicted octanol–water partition coefficient (Wildman–Crippen LogP) is 1.50. The minimum absolute atomic E-state index is 0.0940. The molecule has 170 valence electrons. The fourth-order valence-electron chi connectivity index (χ4n) is 5.61. The standard InChI is InChI=1S/C23H29N5O4/c1-31-17-6-4-16(5-7-17)22(30)25-11-18-19-12-27(13-23(19)9-8-20(18)32-23)21(29)3-2-10-28-15-24-14-26-28/h4-7,14-15,18-20H,2-3,8-13H2,1H3,(H,25,30)/t18?,19-,20?,23+/m0/s1. The number of nitrogens with zero attached hydrogens (tertiary/aromatic N) is 4. The molecule has 2 unspecified atom stereocenters. The van der Waals surface area contributed by atoms with Gasteiger partial charge in [0.15, 0.2) is 0 Å². The third-order valence-electron chi connectivity index (χ3n) is 7.23. The quantitative estimate of drug-likeness (QED) is 0.669. The van der Waals surface area contributed by atoms with Crippen molar-refractivity contribution in [3.05, 3.63) is 42.5 Å². The summed E-state index contributed by atoms with van der Waals surface area (Å²) in [6.07, 6.45) is 6.56. The van der Waals surface area contributed by atoms with Crippen LogP contribution in [0, 0.1) is 11.8 Å². The van der Waals surface area contributed by atoms with Gasteiger partial charge in [0.1, 0.15) is 18.4 Å². The van der Waals surface area contributed by atoms with Gasteiger partial charge >= 0.3 is 0 Å². The minimum atomic E-state index is -0.234. The summed E-state index contributed by atoms with van der Waals surface area (Å²) >= 11 is 0. The van der Waals surface area contributed by atoms with Gasteiger partial charge in [0, 0.05) is 43.5 Å². The van der Waals surface area contributed by atoms with Crippen molar-refractivity contribution in [3.63, 3.8) is 0 Å². The van der Waals surface area contributed by atoms with Crippen LogP contribution in [0.15, 0.2) is 36.9 Å². The van der Waals surface area contributed by atoms with Crippen LogP contribution in [-0.2, 0) is 16.1 Å². The third kappa shape index (κ3) is 3.85. The predicted molar refractivity (Wildman–Crippen MR) is 115 cm³/mol. The number of aryl methyl sites for hydroxylation is 1. The second-order valence-corrected chi connectivity index (χ2v) is 9.00. The molecular formula is C23H29N5O4. The number of benzene rings is 1. The molecule has 3 aliphatic heterocycles. The van der Waals surface area contributed by atoms with Gasteiger partial charge in [0.05, 0.1) is 25.4 Å². The largest absolute Gasteiger partial charge is 0.497 e. The van der Waals surface area contributed by atoms with Gasteiger partial charge in [-0.1, -0.05) is 0 Å². The van der Waals surface area contributed by atoms with Gasteiger partial charge in [-0.05, 0) is 43.5 Å². The van der Waals surface area contributed by atoms with Crippen molar-refractivity contribution in [2.75, 3.05) is 26.7 Å². The van der Waals surface area contributed by atoms with Crippen LogP contribution in [-0.4, -0.2) is 69.9 Å². The Bertz CT molecular complexity index is 963. The highest BCUT2D eigenvalue weighted by Crippen LogP contribution is 2.54. The van der Waals surface area contributed by atoms with E-state index in [1.54, 1.807) is 42.4 Å². The average Bonchev–Trinajstić information content (AvgIpc) is 3.59. The van der Waals surface area contributed by atoms with Crippen LogP contribution in [0.4, 0.5) is 0 Å². The van der Waals surface area contributed by atoms with Crippen LogP contribution in [0.5, 0.6) is 5.75 Å². The molecule has 9 nitrogen and oxygen atoms in total. The monoisotopic (exact) mass is 439 g/mol. The van der Waals surface area contributed by atoms with E-state index in [1.807, 2.05) is 4.90 Å². The van der Waals surface area contributed by atoms with Crippen molar-refractivity contribution < 1.29 is 19.1 Å². The molecule has 32 heavy (non-hydrogen) atoms. The Hall–Kier alpha value is -2.94. The summed E-state index contributed by atoms with van der Waals surface area (Å²) in [6.45, 7) is 2.63. The summed E-state index contributed by atoms with van der Waals surface area (Å²) in [6, 6.07) is 7.10. The van der Waals surface area contributed by atoms with Crippen LogP contribution in [0.2, 0.25) is 0 Å². The minimum Gasteiger partial charge on any atom is -0.497 e. The number of hydrogen-bond donors (Lipinski definition) is 1. The number of ether oxygens (including phenoxy) is 2. The first-order valence-electron chi connectivity index (χ1n) is 11.3. The zero-order valence-electron chi connectivity index (χ0n) is 18.3. The number of amides is 2. The Morgan fingerprint density at radius 2 is 2.16 bits per heavy atom. The molecule has 1 N–H and O–H groups in total. The number of nitrogens with one attached hydrogen (secondary N) is 1. The number of rotatable bonds is 8. The second kappa shape index (κ2) is 8.54. The molecule has 2 amide bonds. The van der Waals surface area contributed by atoms with Crippen molar-refractivity contribution in [2.24, 2.45) is 11.8 Å². The maximum absolute atomic E-state index is 12.8. The molecule has 1 aromatic carbocycles. The van der Waals surface area contributed by atoms with Crippen LogP contribution >= 0.6 is 0 Å². The molecule has 3 fully saturated rings. The Morgan fingerprint density at radius 3 is 2.91 bits per heavy atom. The molecule has 4 heterocycles. The lowest BCUT2D eigenvalue weighted by atomic mass is 9.73. The molecule has 9 heteroatoms. The number of hydrogen-bond acceptors (Lipinski definition) is 6. The highest BCUT2D eigenvalue weighted by molar-refractivity contribution is 5.94. The Labute approximate surface area is 187 Å². The fourth-order valence-corrected chi connectivity index (χ4v) is 5.61. The van der Waals surface area contributed by atoms with Gasteiger partial charge in [-0.25, -0.2) is 4.98 Å². The first-order chi connectivity index (χ1) is 15.6. The van der Waals surface area contributed by atoms with Gasteiger partial charge in [0.25, 0.3) is 5.91 Å². The van der Waals surface area contributed by atoms with Crippen LogP contribution in [0.25, 0.3) is 0 Å². The molecule has 5 rings (SSSR count). The Morgan fingerprint density at radius 1 is 1.31 bits per heavy atom. The highest BCUT2D eigenvalue weighted by Gasteiger charge is 2.63. The summed E-state index contributed by atoms with van der Waals surface area (Å²) in [4.78, 5) is 31.3. The Balaban J connectivity index is 1.16. The topological polar surface area (TPSA) is 98.6 Å². The maximum atomic E-state index is 12.8. The molecule has 4 atom stereocenters. The van der Waals surface area contributed by atoms with Crippen molar-refractivity contribution in [3.8, 4) is 5.75 Å². The SMILES string of the molecule is COc1ccc(C(=O)NCC2C3CC[C@]4(CN(C(=O)CCCn5cncn5)C[C@@H]24)O3)cc1. The first kappa shape index (κ1) is 20.9. The van der Waals surface area contributed by atoms with Gasteiger partial charge in [-0.3, -0.25) is 14.3 Å². The number of likely N-dealkylation sites (tertiary alicyclic amines) is 1. The number of carbonyl (C=O) groups is 2. The fraction of sp³-hybridized carbons (Fsp3) is 0.565. The molecule has 3 saturated heterocycles. The van der Waals surface area contributed by atoms with Gasteiger partial charge < -0.3 is 19.7 Å². The summed E-state index contributed by atoms with van der Waals surface area (Å²) < 4.78 is 13.3. The lowest BCUT2D eigenvalue weighted by molar-refractivity contribution is -0.131. The molecule has 1 aromatic heterocycles. The summed E-state index contributed by atoms with van der Waals surface area (Å²) in [7, 11) is 1.60. The van der Waals surface area contributed by atoms with E-state index in [1.165, 1.54) is 6.33 Å². The van der Waals surface area contributed by atoms with E-state index in [0.717, 1.165) is 25.0 Å². The Kier molecular flexibility index (Phi) is 5.58. The third-order valence-corrected chi connectivity index (χ3v) is 7.23. The van der Waals surface area contributed by atoms with E-state index in [4.69, 9.17) is 9.47 Å².